The van der Waals surface area contributed by atoms with Gasteiger partial charge in [0.25, 0.3) is 0 Å². The fourth-order valence-corrected chi connectivity index (χ4v) is 3.07. The van der Waals surface area contributed by atoms with Gasteiger partial charge in [0, 0.05) is 10.1 Å². The van der Waals surface area contributed by atoms with Crippen LogP contribution in [0, 0.1) is 11.8 Å². The average Bonchev–Trinajstić information content (AvgIpc) is 2.55. The lowest BCUT2D eigenvalue weighted by molar-refractivity contribution is 0.534. The van der Waals surface area contributed by atoms with E-state index in [2.05, 4.69) is 26.0 Å². The Balaban J connectivity index is 2.27. The van der Waals surface area contributed by atoms with Gasteiger partial charge in [0.2, 0.25) is 0 Å². The predicted octanol–water partition coefficient (Wildman–Crippen LogP) is 7.21. The molecule has 1 unspecified atom stereocenters. The van der Waals surface area contributed by atoms with E-state index in [1.54, 1.807) is 0 Å². The second kappa shape index (κ2) is 8.96. The summed E-state index contributed by atoms with van der Waals surface area (Å²) in [7, 11) is 0. The van der Waals surface area contributed by atoms with Crippen LogP contribution in [-0.4, -0.2) is 0 Å². The van der Waals surface area contributed by atoms with Gasteiger partial charge in [0.1, 0.15) is 0 Å². The predicted molar refractivity (Wildman–Crippen MR) is 103 cm³/mol. The number of halogens is 2. The molecule has 2 aromatic rings. The maximum absolute atomic E-state index is 6.50. The van der Waals surface area contributed by atoms with Crippen molar-refractivity contribution in [2.75, 3.05) is 0 Å². The van der Waals surface area contributed by atoms with Gasteiger partial charge in [-0.15, -0.1) is 0 Å². The number of hydrogen-bond donors (Lipinski definition) is 0. The molecule has 0 aromatic heterocycles. The van der Waals surface area contributed by atoms with Crippen LogP contribution < -0.4 is 0 Å². The zero-order valence-corrected chi connectivity index (χ0v) is 15.1. The zero-order valence-electron chi connectivity index (χ0n) is 13.5. The number of benzene rings is 2. The van der Waals surface area contributed by atoms with Crippen molar-refractivity contribution in [3.05, 3.63) is 83.9 Å². The fraction of sp³-hybridized carbons (Fsp3) is 0.238. The molecular weight excluding hydrogens is 323 g/mol. The van der Waals surface area contributed by atoms with Gasteiger partial charge >= 0.3 is 0 Å². The largest absolute Gasteiger partial charge is 0.0840 e. The zero-order chi connectivity index (χ0) is 16.7. The second-order valence-electron chi connectivity index (χ2n) is 6.05. The average molecular weight is 345 g/mol. The first-order valence-corrected chi connectivity index (χ1v) is 8.67. The van der Waals surface area contributed by atoms with Gasteiger partial charge in [0.05, 0.1) is 0 Å². The maximum atomic E-state index is 6.50. The molecule has 1 atom stereocenters. The third-order valence-corrected chi connectivity index (χ3v) is 4.25. The molecule has 2 rings (SSSR count). The first kappa shape index (κ1) is 17.8. The molecule has 0 N–H and O–H groups in total. The van der Waals surface area contributed by atoms with Gasteiger partial charge in [0.15, 0.2) is 0 Å². The van der Waals surface area contributed by atoms with Gasteiger partial charge in [-0.05, 0) is 29.4 Å². The van der Waals surface area contributed by atoms with Gasteiger partial charge in [-0.3, -0.25) is 0 Å². The first-order valence-electron chi connectivity index (χ1n) is 7.91. The Morgan fingerprint density at radius 1 is 0.783 bits per heavy atom. The lowest BCUT2D eigenvalue weighted by Crippen LogP contribution is -2.00. The lowest BCUT2D eigenvalue weighted by Gasteiger charge is -2.13. The third-order valence-electron chi connectivity index (χ3n) is 3.56. The quantitative estimate of drug-likeness (QED) is 0.519. The Morgan fingerprint density at radius 3 is 1.52 bits per heavy atom. The summed E-state index contributed by atoms with van der Waals surface area (Å²) in [4.78, 5) is 0. The van der Waals surface area contributed by atoms with E-state index < -0.39 is 0 Å². The molecule has 120 valence electrons. The summed E-state index contributed by atoms with van der Waals surface area (Å²) in [5.74, 6) is 0.767. The third kappa shape index (κ3) is 5.89. The van der Waals surface area contributed by atoms with Crippen molar-refractivity contribution in [2.24, 2.45) is 11.8 Å². The molecule has 0 amide bonds. The normalized spacial score (nSPS) is 14.1. The fourth-order valence-electron chi connectivity index (χ4n) is 2.49. The van der Waals surface area contributed by atoms with Crippen LogP contribution in [0.5, 0.6) is 0 Å². The first-order chi connectivity index (χ1) is 11.1. The molecule has 0 spiro atoms. The summed E-state index contributed by atoms with van der Waals surface area (Å²) in [5.41, 5.74) is 2.07. The summed E-state index contributed by atoms with van der Waals surface area (Å²) < 4.78 is 0. The summed E-state index contributed by atoms with van der Waals surface area (Å²) in [5, 5.41) is 1.54. The van der Waals surface area contributed by atoms with Crippen LogP contribution in [0.3, 0.4) is 0 Å². The van der Waals surface area contributed by atoms with Crippen molar-refractivity contribution in [3.8, 4) is 0 Å². The van der Waals surface area contributed by atoms with E-state index in [-0.39, 0.29) is 5.92 Å². The Labute approximate surface area is 149 Å². The number of rotatable bonds is 6. The van der Waals surface area contributed by atoms with Gasteiger partial charge in [-0.1, -0.05) is 110 Å². The van der Waals surface area contributed by atoms with Crippen molar-refractivity contribution in [3.63, 3.8) is 0 Å². The minimum atomic E-state index is 0.204. The monoisotopic (exact) mass is 344 g/mol. The highest BCUT2D eigenvalue weighted by Gasteiger charge is 2.10. The highest BCUT2D eigenvalue weighted by atomic mass is 35.5. The summed E-state index contributed by atoms with van der Waals surface area (Å²) in [6.07, 6.45) is 5.20. The van der Waals surface area contributed by atoms with Gasteiger partial charge < -0.3 is 0 Å². The van der Waals surface area contributed by atoms with Gasteiger partial charge in [-0.2, -0.15) is 0 Å². The molecule has 0 nitrogen and oxygen atoms in total. The molecule has 0 aliphatic rings. The molecule has 2 aromatic carbocycles. The van der Waals surface area contributed by atoms with Crippen LogP contribution >= 0.6 is 23.2 Å². The maximum Gasteiger partial charge on any atom is 0.0444 e. The van der Waals surface area contributed by atoms with Crippen molar-refractivity contribution >= 4 is 33.3 Å². The highest BCUT2D eigenvalue weighted by molar-refractivity contribution is 6.49. The van der Waals surface area contributed by atoms with E-state index in [9.17, 15) is 0 Å². The minimum absolute atomic E-state index is 0.204. The summed E-state index contributed by atoms with van der Waals surface area (Å²) >= 11 is 13.0. The Hall–Kier alpha value is -1.50. The van der Waals surface area contributed by atoms with Crippen LogP contribution in [0.2, 0.25) is 0 Å². The standard InChI is InChI=1S/C21H22Cl2/c1-16(2)13-17(14-20(22)18-9-5-3-6-10-18)15-21(23)19-11-7-4-8-12-19/h3-12,14-17H,13H2,1-2H3/b20-14-,21-15+. The van der Waals surface area contributed by atoms with E-state index in [0.717, 1.165) is 27.6 Å². The van der Waals surface area contributed by atoms with Crippen molar-refractivity contribution in [2.45, 2.75) is 20.3 Å². The molecule has 2 heteroatoms. The SMILES string of the molecule is CC(C)CC(/C=C(\Cl)c1ccccc1)/C=C(/Cl)c1ccccc1. The molecule has 0 saturated heterocycles. The van der Waals surface area contributed by atoms with Crippen molar-refractivity contribution in [1.29, 1.82) is 0 Å². The van der Waals surface area contributed by atoms with Crippen LogP contribution in [0.4, 0.5) is 0 Å². The smallest absolute Gasteiger partial charge is 0.0444 e. The summed E-state index contributed by atoms with van der Waals surface area (Å²) in [6.45, 7) is 4.42. The van der Waals surface area contributed by atoms with E-state index in [1.807, 2.05) is 60.7 Å². The highest BCUT2D eigenvalue weighted by Crippen LogP contribution is 2.28. The molecule has 0 aliphatic carbocycles. The van der Waals surface area contributed by atoms with E-state index in [1.165, 1.54) is 0 Å². The molecule has 23 heavy (non-hydrogen) atoms. The Bertz CT molecular complexity index is 599. The molecule has 0 aliphatic heterocycles. The van der Waals surface area contributed by atoms with Crippen molar-refractivity contribution < 1.29 is 0 Å². The molecule has 0 radical (unpaired) electrons. The summed E-state index contributed by atoms with van der Waals surface area (Å²) in [6, 6.07) is 20.1. The van der Waals surface area contributed by atoms with Crippen LogP contribution in [-0.2, 0) is 0 Å². The number of allylic oxidation sites excluding steroid dienone is 2. The molecule has 0 fully saturated rings. The molecular formula is C21H22Cl2. The van der Waals surface area contributed by atoms with Crippen LogP contribution in [0.25, 0.3) is 10.1 Å². The van der Waals surface area contributed by atoms with E-state index in [0.29, 0.717) is 5.92 Å². The topological polar surface area (TPSA) is 0 Å². The van der Waals surface area contributed by atoms with E-state index >= 15 is 0 Å². The second-order valence-corrected chi connectivity index (χ2v) is 6.87. The lowest BCUT2D eigenvalue weighted by atomic mass is 9.94. The van der Waals surface area contributed by atoms with Gasteiger partial charge in [-0.25, -0.2) is 0 Å². The number of hydrogen-bond acceptors (Lipinski definition) is 0. The Kier molecular flexibility index (Phi) is 6.95. The van der Waals surface area contributed by atoms with Crippen LogP contribution in [0.15, 0.2) is 72.8 Å². The minimum Gasteiger partial charge on any atom is -0.0840 e. The van der Waals surface area contributed by atoms with Crippen LogP contribution in [0.1, 0.15) is 31.4 Å². The molecule has 0 bridgehead atoms. The van der Waals surface area contributed by atoms with Crippen molar-refractivity contribution in [1.82, 2.24) is 0 Å². The molecule has 0 saturated carbocycles. The van der Waals surface area contributed by atoms with E-state index in [4.69, 9.17) is 23.2 Å². The molecule has 0 heterocycles. The Morgan fingerprint density at radius 2 is 1.17 bits per heavy atom.